The molecule has 57 heavy (non-hydrogen) atoms. The molecule has 19 heteroatoms. The van der Waals surface area contributed by atoms with Gasteiger partial charge in [-0.3, -0.25) is 18.9 Å². The van der Waals surface area contributed by atoms with Crippen LogP contribution in [0.4, 0.5) is 32.2 Å². The number of aliphatic hydroxyl groups is 1. The normalized spacial score (nSPS) is 17.5. The molecule has 12 nitrogen and oxygen atoms in total. The van der Waals surface area contributed by atoms with Crippen LogP contribution in [0.5, 0.6) is 5.75 Å². The van der Waals surface area contributed by atoms with Crippen molar-refractivity contribution in [1.82, 2.24) is 29.9 Å². The third-order valence-electron chi connectivity index (χ3n) is 9.65. The molecular formula is C38H35F6N7O5S. The van der Waals surface area contributed by atoms with Gasteiger partial charge in [0.15, 0.2) is 5.82 Å². The molecule has 3 aromatic heterocycles. The molecule has 1 amide bonds. The average molecular weight is 816 g/mol. The zero-order valence-corrected chi connectivity index (χ0v) is 31.8. The Labute approximate surface area is 322 Å². The Balaban J connectivity index is 1.40. The SMILES string of the molecule is COc1ccc(-c2ccc(C#CC(C)(C)O)nc2C(Cc2cc(F)cc(F)c2)NC(=O)Cn2nc(C(F)F)c3c2C(F)(F)[C@@H]2C[C@H]32)c2c1c(NS(C)(=O)=O)nn2C. The number of ether oxygens (including phenoxy) is 1. The fourth-order valence-electron chi connectivity index (χ4n) is 7.41. The average Bonchev–Trinajstić information content (AvgIpc) is 3.65. The first-order valence-electron chi connectivity index (χ1n) is 17.4. The number of rotatable bonds is 11. The number of amides is 1. The topological polar surface area (TPSA) is 153 Å². The molecule has 2 aliphatic rings. The van der Waals surface area contributed by atoms with Crippen LogP contribution in [0.2, 0.25) is 0 Å². The van der Waals surface area contributed by atoms with Crippen molar-refractivity contribution < 1.29 is 49.4 Å². The molecule has 3 atom stereocenters. The summed E-state index contributed by atoms with van der Waals surface area (Å²) in [5.41, 5.74) is -2.16. The molecule has 5 aromatic rings. The van der Waals surface area contributed by atoms with Crippen molar-refractivity contribution >= 4 is 32.7 Å². The van der Waals surface area contributed by atoms with Gasteiger partial charge in [-0.15, -0.1) is 0 Å². The van der Waals surface area contributed by atoms with Crippen molar-refractivity contribution in [2.75, 3.05) is 18.1 Å². The largest absolute Gasteiger partial charge is 0.496 e. The van der Waals surface area contributed by atoms with E-state index < -0.39 is 81.3 Å². The van der Waals surface area contributed by atoms with Gasteiger partial charge in [-0.1, -0.05) is 5.92 Å². The standard InChI is InChI=1S/C38H35F6N7O5S/c1-37(2,53)11-10-21-6-7-22(23-8-9-27(56-4)30-33(23)50(3)48-36(30)49-57(5,54)55)31(45-21)26(14-18-12-19(39)15-20(40)13-18)46-28(52)17-51-34-29(32(47-51)35(41)42)24-16-25(24)38(34,43)44/h6-9,12-13,15,24-26,35,53H,14,16-17H2,1-5H3,(H,46,52)(H,48,49)/t24-,25+,26?/m0/s1. The highest BCUT2D eigenvalue weighted by atomic mass is 32.2. The fraction of sp³-hybridized carbons (Fsp3) is 0.368. The molecule has 0 saturated heterocycles. The summed E-state index contributed by atoms with van der Waals surface area (Å²) in [5.74, 6) is -2.74. The third kappa shape index (κ3) is 7.75. The van der Waals surface area contributed by atoms with Crippen LogP contribution in [-0.2, 0) is 40.8 Å². The molecule has 0 radical (unpaired) electrons. The molecule has 2 aliphatic carbocycles. The Morgan fingerprint density at radius 2 is 1.77 bits per heavy atom. The lowest BCUT2D eigenvalue weighted by Crippen LogP contribution is -2.35. The minimum Gasteiger partial charge on any atom is -0.496 e. The summed E-state index contributed by atoms with van der Waals surface area (Å²) in [4.78, 5) is 18.7. The molecule has 0 bridgehead atoms. The van der Waals surface area contributed by atoms with Crippen molar-refractivity contribution in [3.05, 3.63) is 88.0 Å². The summed E-state index contributed by atoms with van der Waals surface area (Å²) >= 11 is 0. The second-order valence-corrected chi connectivity index (χ2v) is 16.4. The molecule has 7 rings (SSSR count). The Hall–Kier alpha value is -5.61. The highest BCUT2D eigenvalue weighted by molar-refractivity contribution is 7.92. The van der Waals surface area contributed by atoms with Gasteiger partial charge in [0.05, 0.1) is 36.0 Å². The third-order valence-corrected chi connectivity index (χ3v) is 10.2. The number of carbonyl (C=O) groups is 1. The van der Waals surface area contributed by atoms with Crippen LogP contribution in [0.25, 0.3) is 22.0 Å². The lowest BCUT2D eigenvalue weighted by atomic mass is 9.93. The van der Waals surface area contributed by atoms with Crippen LogP contribution in [0.3, 0.4) is 0 Å². The van der Waals surface area contributed by atoms with Gasteiger partial charge in [0.2, 0.25) is 15.9 Å². The number of alkyl halides is 4. The number of fused-ring (bicyclic) bond motifs is 4. The number of anilines is 1. The molecule has 300 valence electrons. The number of sulfonamides is 1. The van der Waals surface area contributed by atoms with Gasteiger partial charge < -0.3 is 15.2 Å². The summed E-state index contributed by atoms with van der Waals surface area (Å²) in [6, 6.07) is 7.62. The van der Waals surface area contributed by atoms with Gasteiger partial charge in [-0.05, 0) is 80.5 Å². The maximum Gasteiger partial charge on any atom is 0.293 e. The minimum absolute atomic E-state index is 0.0200. The van der Waals surface area contributed by atoms with E-state index in [1.54, 1.807) is 19.2 Å². The predicted octanol–water partition coefficient (Wildman–Crippen LogP) is 5.86. The highest BCUT2D eigenvalue weighted by Gasteiger charge is 2.67. The number of aryl methyl sites for hydroxylation is 1. The van der Waals surface area contributed by atoms with Crippen LogP contribution in [0.1, 0.15) is 72.6 Å². The Kier molecular flexibility index (Phi) is 9.80. The number of nitrogens with one attached hydrogen (secondary N) is 2. The molecule has 1 fully saturated rings. The summed E-state index contributed by atoms with van der Waals surface area (Å²) < 4.78 is 122. The first kappa shape index (κ1) is 39.6. The number of nitrogens with zero attached hydrogens (tertiary/aromatic N) is 5. The summed E-state index contributed by atoms with van der Waals surface area (Å²) in [7, 11) is -0.920. The zero-order valence-electron chi connectivity index (χ0n) is 31.0. The van der Waals surface area contributed by atoms with Gasteiger partial charge in [0.1, 0.15) is 46.6 Å². The van der Waals surface area contributed by atoms with E-state index >= 15 is 8.78 Å². The Morgan fingerprint density at radius 3 is 2.40 bits per heavy atom. The molecule has 0 aliphatic heterocycles. The number of hydrogen-bond acceptors (Lipinski definition) is 8. The number of hydrogen-bond donors (Lipinski definition) is 3. The van der Waals surface area contributed by atoms with Crippen LogP contribution >= 0.6 is 0 Å². The van der Waals surface area contributed by atoms with Gasteiger partial charge in [0, 0.05) is 35.7 Å². The van der Waals surface area contributed by atoms with Gasteiger partial charge >= 0.3 is 0 Å². The number of aromatic nitrogens is 5. The van der Waals surface area contributed by atoms with Crippen LogP contribution in [0.15, 0.2) is 42.5 Å². The quantitative estimate of drug-likeness (QED) is 0.111. The van der Waals surface area contributed by atoms with Crippen LogP contribution in [-0.4, -0.2) is 62.9 Å². The minimum atomic E-state index is -3.83. The molecule has 3 heterocycles. The number of halogens is 6. The monoisotopic (exact) mass is 815 g/mol. The summed E-state index contributed by atoms with van der Waals surface area (Å²) in [6.45, 7) is 1.96. The lowest BCUT2D eigenvalue weighted by Gasteiger charge is -2.23. The van der Waals surface area contributed by atoms with Crippen molar-refractivity contribution in [1.29, 1.82) is 0 Å². The van der Waals surface area contributed by atoms with Crippen molar-refractivity contribution in [3.8, 4) is 28.7 Å². The van der Waals surface area contributed by atoms with E-state index in [1.165, 1.54) is 37.8 Å². The molecular weight excluding hydrogens is 781 g/mol. The molecule has 2 aromatic carbocycles. The maximum absolute atomic E-state index is 15.4. The van der Waals surface area contributed by atoms with Gasteiger partial charge in [0.25, 0.3) is 12.3 Å². The van der Waals surface area contributed by atoms with E-state index in [-0.39, 0.29) is 57.9 Å². The van der Waals surface area contributed by atoms with E-state index in [0.717, 1.165) is 18.4 Å². The van der Waals surface area contributed by atoms with E-state index in [9.17, 15) is 35.9 Å². The molecule has 0 spiro atoms. The van der Waals surface area contributed by atoms with E-state index in [1.807, 2.05) is 0 Å². The smallest absolute Gasteiger partial charge is 0.293 e. The van der Waals surface area contributed by atoms with Gasteiger partial charge in [-0.2, -0.15) is 19.0 Å². The lowest BCUT2D eigenvalue weighted by molar-refractivity contribution is -0.123. The number of pyridine rings is 1. The number of carbonyl (C=O) groups excluding carboxylic acids is 1. The second-order valence-electron chi connectivity index (χ2n) is 14.6. The van der Waals surface area contributed by atoms with E-state index in [0.29, 0.717) is 21.8 Å². The fourth-order valence-corrected chi connectivity index (χ4v) is 7.91. The molecule has 3 N–H and O–H groups in total. The van der Waals surface area contributed by atoms with E-state index in [4.69, 9.17) is 9.72 Å². The van der Waals surface area contributed by atoms with Crippen LogP contribution < -0.4 is 14.8 Å². The van der Waals surface area contributed by atoms with Gasteiger partial charge in [-0.25, -0.2) is 31.0 Å². The highest BCUT2D eigenvalue weighted by Crippen LogP contribution is 2.68. The van der Waals surface area contributed by atoms with Crippen LogP contribution in [0, 0.1) is 29.4 Å². The van der Waals surface area contributed by atoms with Crippen molar-refractivity contribution in [3.63, 3.8) is 0 Å². The summed E-state index contributed by atoms with van der Waals surface area (Å²) in [5, 5.41) is 21.4. The van der Waals surface area contributed by atoms with Crippen molar-refractivity contribution in [2.45, 2.75) is 63.1 Å². The number of benzene rings is 2. The van der Waals surface area contributed by atoms with Crippen molar-refractivity contribution in [2.24, 2.45) is 13.0 Å². The zero-order chi connectivity index (χ0) is 41.4. The summed E-state index contributed by atoms with van der Waals surface area (Å²) in [6.07, 6.45) is -2.55. The number of methoxy groups -OCH3 is 1. The second kappa shape index (κ2) is 14.1. The Bertz CT molecular complexity index is 2610. The predicted molar refractivity (Wildman–Crippen MR) is 195 cm³/mol. The van der Waals surface area contributed by atoms with E-state index in [2.05, 4.69) is 32.1 Å². The maximum atomic E-state index is 15.4. The Morgan fingerprint density at radius 1 is 1.09 bits per heavy atom. The molecule has 1 saturated carbocycles. The first-order chi connectivity index (χ1) is 26.6. The molecule has 1 unspecified atom stereocenters. The first-order valence-corrected chi connectivity index (χ1v) is 19.3.